The molecule has 0 saturated heterocycles. The van der Waals surface area contributed by atoms with Gasteiger partial charge in [0.1, 0.15) is 6.61 Å². The van der Waals surface area contributed by atoms with Crippen LogP contribution in [0.3, 0.4) is 0 Å². The molecule has 0 spiro atoms. The highest BCUT2D eigenvalue weighted by molar-refractivity contribution is 6.28. The topological polar surface area (TPSA) is 75.6 Å². The Bertz CT molecular complexity index is 892. The Kier molecular flexibility index (Phi) is 5.89. The number of amides is 1. The summed E-state index contributed by atoms with van der Waals surface area (Å²) in [4.78, 5) is 21.4. The van der Waals surface area contributed by atoms with Gasteiger partial charge in [-0.05, 0) is 40.1 Å². The van der Waals surface area contributed by atoms with Crippen LogP contribution in [0.25, 0.3) is 5.57 Å². The zero-order valence-electron chi connectivity index (χ0n) is 16.3. The smallest absolute Gasteiger partial charge is 0.407 e. The fourth-order valence-electron chi connectivity index (χ4n) is 3.30. The van der Waals surface area contributed by atoms with Crippen molar-refractivity contribution >= 4 is 23.3 Å². The van der Waals surface area contributed by atoms with E-state index < -0.39 is 6.09 Å². The molecule has 0 fully saturated rings. The Morgan fingerprint density at radius 2 is 2.00 bits per heavy atom. The molecule has 2 aromatic rings. The van der Waals surface area contributed by atoms with Gasteiger partial charge in [0.2, 0.25) is 11.2 Å². The van der Waals surface area contributed by atoms with Crippen LogP contribution in [0.1, 0.15) is 38.3 Å². The molecule has 1 aromatic carbocycles. The summed E-state index contributed by atoms with van der Waals surface area (Å²) in [6.07, 6.45) is 1.34. The molecular weight excluding hydrogens is 378 g/mol. The number of rotatable bonds is 4. The van der Waals surface area contributed by atoms with Crippen LogP contribution in [0.15, 0.2) is 42.1 Å². The van der Waals surface area contributed by atoms with Gasteiger partial charge >= 0.3 is 6.09 Å². The summed E-state index contributed by atoms with van der Waals surface area (Å²) in [5.74, 6) is 0.421. The van der Waals surface area contributed by atoms with E-state index >= 15 is 0 Å². The molecule has 2 heterocycles. The number of benzene rings is 1. The zero-order valence-corrected chi connectivity index (χ0v) is 17.0. The number of halogens is 1. The largest absolute Gasteiger partial charge is 0.472 e. The Hall–Kier alpha value is -2.60. The minimum absolute atomic E-state index is 0.118. The fourth-order valence-corrected chi connectivity index (χ4v) is 3.43. The van der Waals surface area contributed by atoms with Crippen molar-refractivity contribution in [3.05, 3.63) is 58.5 Å². The summed E-state index contributed by atoms with van der Waals surface area (Å²) in [7, 11) is 0. The molecule has 1 aromatic heterocycles. The van der Waals surface area contributed by atoms with E-state index in [-0.39, 0.29) is 10.7 Å². The van der Waals surface area contributed by atoms with E-state index in [0.717, 1.165) is 22.3 Å². The molecule has 1 N–H and O–H groups in total. The lowest BCUT2D eigenvalue weighted by molar-refractivity contribution is 0.146. The van der Waals surface area contributed by atoms with Crippen molar-refractivity contribution in [2.24, 2.45) is 5.41 Å². The second-order valence-corrected chi connectivity index (χ2v) is 8.13. The summed E-state index contributed by atoms with van der Waals surface area (Å²) < 4.78 is 5.99. The third-order valence-electron chi connectivity index (χ3n) is 4.79. The molecule has 0 unspecified atom stereocenters. The van der Waals surface area contributed by atoms with Crippen LogP contribution in [-0.2, 0) is 6.61 Å². The molecule has 28 heavy (non-hydrogen) atoms. The predicted molar refractivity (Wildman–Crippen MR) is 108 cm³/mol. The van der Waals surface area contributed by atoms with Crippen LogP contribution in [0.5, 0.6) is 5.88 Å². The summed E-state index contributed by atoms with van der Waals surface area (Å²) in [6, 6.07) is 9.82. The Balaban J connectivity index is 1.99. The van der Waals surface area contributed by atoms with Gasteiger partial charge in [0, 0.05) is 19.3 Å². The number of ether oxygens (including phenoxy) is 1. The maximum atomic E-state index is 11.5. The maximum Gasteiger partial charge on any atom is 0.407 e. The van der Waals surface area contributed by atoms with Gasteiger partial charge in [-0.3, -0.25) is 0 Å². The summed E-state index contributed by atoms with van der Waals surface area (Å²) in [6.45, 7) is 7.37. The standard InChI is InChI=1S/C21H24ClN3O3/c1-21(2,3)17-12-25(20(26)27)10-9-15(17)16-11-23-19(22)24-18(16)28-13-14-7-5-4-6-8-14/h4-8,11H,9-10,12-13H2,1-3H3,(H,26,27). The van der Waals surface area contributed by atoms with Crippen molar-refractivity contribution in [1.82, 2.24) is 14.9 Å². The summed E-state index contributed by atoms with van der Waals surface area (Å²) >= 11 is 6.02. The lowest BCUT2D eigenvalue weighted by atomic mass is 9.79. The molecule has 0 bridgehead atoms. The molecule has 0 aliphatic carbocycles. The van der Waals surface area contributed by atoms with Gasteiger partial charge in [0.15, 0.2) is 0 Å². The van der Waals surface area contributed by atoms with Crippen molar-refractivity contribution in [3.63, 3.8) is 0 Å². The summed E-state index contributed by atoms with van der Waals surface area (Å²) in [5, 5.41) is 9.53. The number of aromatic nitrogens is 2. The number of hydrogen-bond acceptors (Lipinski definition) is 4. The van der Waals surface area contributed by atoms with E-state index in [2.05, 4.69) is 30.7 Å². The van der Waals surface area contributed by atoms with E-state index in [0.29, 0.717) is 32.0 Å². The molecule has 1 aliphatic rings. The first-order valence-corrected chi connectivity index (χ1v) is 9.53. The highest BCUT2D eigenvalue weighted by Gasteiger charge is 2.31. The molecule has 1 aliphatic heterocycles. The molecule has 0 saturated carbocycles. The van der Waals surface area contributed by atoms with Crippen LogP contribution in [-0.4, -0.2) is 39.2 Å². The number of hydrogen-bond donors (Lipinski definition) is 1. The Labute approximate surface area is 169 Å². The first-order chi connectivity index (χ1) is 13.3. The molecular formula is C21H24ClN3O3. The van der Waals surface area contributed by atoms with E-state index in [9.17, 15) is 9.90 Å². The normalized spacial score (nSPS) is 14.9. The lowest BCUT2D eigenvalue weighted by Crippen LogP contribution is -2.38. The van der Waals surface area contributed by atoms with Crippen molar-refractivity contribution in [2.45, 2.75) is 33.8 Å². The average Bonchev–Trinajstić information content (AvgIpc) is 2.66. The van der Waals surface area contributed by atoms with Crippen molar-refractivity contribution in [2.75, 3.05) is 13.1 Å². The highest BCUT2D eigenvalue weighted by atomic mass is 35.5. The van der Waals surface area contributed by atoms with Crippen LogP contribution in [0, 0.1) is 5.41 Å². The van der Waals surface area contributed by atoms with E-state index in [1.807, 2.05) is 30.3 Å². The average molecular weight is 402 g/mol. The van der Waals surface area contributed by atoms with Gasteiger partial charge in [-0.25, -0.2) is 9.78 Å². The number of carbonyl (C=O) groups is 1. The Morgan fingerprint density at radius 1 is 1.29 bits per heavy atom. The van der Waals surface area contributed by atoms with Gasteiger partial charge < -0.3 is 14.7 Å². The monoisotopic (exact) mass is 401 g/mol. The van der Waals surface area contributed by atoms with Crippen molar-refractivity contribution in [1.29, 1.82) is 0 Å². The van der Waals surface area contributed by atoms with Crippen LogP contribution in [0.4, 0.5) is 4.79 Å². The quantitative estimate of drug-likeness (QED) is 0.738. The third kappa shape index (κ3) is 4.62. The van der Waals surface area contributed by atoms with Gasteiger partial charge in [0.05, 0.1) is 5.56 Å². The zero-order chi connectivity index (χ0) is 20.3. The van der Waals surface area contributed by atoms with Crippen molar-refractivity contribution < 1.29 is 14.6 Å². The second-order valence-electron chi connectivity index (χ2n) is 7.79. The van der Waals surface area contributed by atoms with Crippen LogP contribution in [0.2, 0.25) is 5.28 Å². The predicted octanol–water partition coefficient (Wildman–Crippen LogP) is 4.89. The second kappa shape index (κ2) is 8.19. The minimum Gasteiger partial charge on any atom is -0.472 e. The fraction of sp³-hybridized carbons (Fsp3) is 0.381. The maximum absolute atomic E-state index is 11.5. The first-order valence-electron chi connectivity index (χ1n) is 9.15. The van der Waals surface area contributed by atoms with E-state index in [1.165, 1.54) is 4.90 Å². The molecule has 148 valence electrons. The molecule has 1 amide bonds. The van der Waals surface area contributed by atoms with Gasteiger partial charge in [-0.2, -0.15) is 4.98 Å². The van der Waals surface area contributed by atoms with Gasteiger partial charge in [-0.1, -0.05) is 51.1 Å². The van der Waals surface area contributed by atoms with E-state index in [4.69, 9.17) is 16.3 Å². The van der Waals surface area contributed by atoms with Crippen molar-refractivity contribution in [3.8, 4) is 5.88 Å². The molecule has 3 rings (SSSR count). The molecule has 0 radical (unpaired) electrons. The number of nitrogens with zero attached hydrogens (tertiary/aromatic N) is 3. The highest BCUT2D eigenvalue weighted by Crippen LogP contribution is 2.40. The SMILES string of the molecule is CC(C)(C)C1=C(c2cnc(Cl)nc2OCc2ccccc2)CCN(C(=O)O)C1. The Morgan fingerprint density at radius 3 is 2.64 bits per heavy atom. The molecule has 0 atom stereocenters. The van der Waals surface area contributed by atoms with Crippen LogP contribution < -0.4 is 4.74 Å². The molecule has 7 heteroatoms. The molecule has 6 nitrogen and oxygen atoms in total. The van der Waals surface area contributed by atoms with Crippen LogP contribution >= 0.6 is 11.6 Å². The lowest BCUT2D eigenvalue weighted by Gasteiger charge is -2.35. The van der Waals surface area contributed by atoms with E-state index in [1.54, 1.807) is 6.20 Å². The minimum atomic E-state index is -0.909. The van der Waals surface area contributed by atoms with Gasteiger partial charge in [-0.15, -0.1) is 0 Å². The first kappa shape index (κ1) is 20.1. The third-order valence-corrected chi connectivity index (χ3v) is 4.97. The summed E-state index contributed by atoms with van der Waals surface area (Å²) in [5.41, 5.74) is 3.66. The number of carboxylic acid groups (broad SMARTS) is 1. The van der Waals surface area contributed by atoms with Gasteiger partial charge in [0.25, 0.3) is 0 Å².